The minimum Gasteiger partial charge on any atom is -0.468 e. The second-order valence-corrected chi connectivity index (χ2v) is 2.27. The Morgan fingerprint density at radius 1 is 1.73 bits per heavy atom. The maximum atomic E-state index is 9.20. The van der Waals surface area contributed by atoms with Crippen LogP contribution in [-0.2, 0) is 0 Å². The summed E-state index contributed by atoms with van der Waals surface area (Å²) in [5.74, 6) is 0.567. The van der Waals surface area contributed by atoms with Gasteiger partial charge in [0, 0.05) is 0 Å². The van der Waals surface area contributed by atoms with Crippen molar-refractivity contribution in [2.45, 2.75) is 12.1 Å². The summed E-state index contributed by atoms with van der Waals surface area (Å²) in [6.45, 7) is 3.42. The number of nitrogens with two attached hydrogens (primary N) is 1. The molecule has 0 aromatic carbocycles. The zero-order valence-electron chi connectivity index (χ0n) is 6.10. The maximum Gasteiger partial charge on any atom is 0.123 e. The fraction of sp³-hybridized carbons (Fsp3) is 0.250. The third kappa shape index (κ3) is 1.69. The lowest BCUT2D eigenvalue weighted by Gasteiger charge is -2.11. The molecule has 0 aliphatic heterocycles. The number of rotatable bonds is 3. The van der Waals surface area contributed by atoms with Crippen molar-refractivity contribution in [1.29, 1.82) is 0 Å². The molecule has 0 spiro atoms. The van der Waals surface area contributed by atoms with Crippen molar-refractivity contribution in [2.75, 3.05) is 0 Å². The topological polar surface area (TPSA) is 59.4 Å². The Hall–Kier alpha value is -1.06. The monoisotopic (exact) mass is 153 g/mol. The van der Waals surface area contributed by atoms with Gasteiger partial charge >= 0.3 is 0 Å². The Labute approximate surface area is 65.1 Å². The van der Waals surface area contributed by atoms with Crippen LogP contribution in [0.25, 0.3) is 0 Å². The average Bonchev–Trinajstić information content (AvgIpc) is 2.53. The van der Waals surface area contributed by atoms with E-state index < -0.39 is 12.1 Å². The fourth-order valence-corrected chi connectivity index (χ4v) is 0.796. The standard InChI is InChI=1S/C8H11NO2/c1-2-6(10)8(9)7-4-3-5-11-7/h2-6,8,10H,1,9H2/t6-,8-/m1/s1. The Bertz CT molecular complexity index is 218. The van der Waals surface area contributed by atoms with Gasteiger partial charge in [-0.25, -0.2) is 0 Å². The second kappa shape index (κ2) is 3.37. The summed E-state index contributed by atoms with van der Waals surface area (Å²) in [6, 6.07) is 2.94. The molecule has 0 bridgehead atoms. The summed E-state index contributed by atoms with van der Waals surface area (Å²) < 4.78 is 4.99. The van der Waals surface area contributed by atoms with Crippen LogP contribution in [0, 0.1) is 0 Å². The molecule has 3 nitrogen and oxygen atoms in total. The molecule has 0 aliphatic rings. The van der Waals surface area contributed by atoms with E-state index in [2.05, 4.69) is 6.58 Å². The first-order valence-electron chi connectivity index (χ1n) is 3.35. The van der Waals surface area contributed by atoms with Gasteiger partial charge in [-0.2, -0.15) is 0 Å². The molecule has 2 atom stereocenters. The highest BCUT2D eigenvalue weighted by atomic mass is 16.3. The minimum atomic E-state index is -0.749. The van der Waals surface area contributed by atoms with Gasteiger partial charge in [-0.3, -0.25) is 0 Å². The van der Waals surface area contributed by atoms with Crippen LogP contribution >= 0.6 is 0 Å². The largest absolute Gasteiger partial charge is 0.468 e. The number of hydrogen-bond acceptors (Lipinski definition) is 3. The molecule has 0 saturated carbocycles. The molecule has 0 aliphatic carbocycles. The summed E-state index contributed by atoms with van der Waals surface area (Å²) in [6.07, 6.45) is 2.15. The molecule has 0 amide bonds. The first-order chi connectivity index (χ1) is 5.25. The number of aliphatic hydroxyl groups excluding tert-OH is 1. The number of hydrogen-bond donors (Lipinski definition) is 2. The van der Waals surface area contributed by atoms with E-state index in [-0.39, 0.29) is 0 Å². The molecule has 3 N–H and O–H groups in total. The summed E-state index contributed by atoms with van der Waals surface area (Å²) >= 11 is 0. The molecule has 0 radical (unpaired) electrons. The van der Waals surface area contributed by atoms with E-state index in [0.29, 0.717) is 5.76 Å². The smallest absolute Gasteiger partial charge is 0.123 e. The number of aliphatic hydroxyl groups is 1. The van der Waals surface area contributed by atoms with Crippen LogP contribution < -0.4 is 5.73 Å². The molecular formula is C8H11NO2. The van der Waals surface area contributed by atoms with Crippen molar-refractivity contribution in [2.24, 2.45) is 5.73 Å². The minimum absolute atomic E-state index is 0.512. The Morgan fingerprint density at radius 2 is 2.45 bits per heavy atom. The highest BCUT2D eigenvalue weighted by Gasteiger charge is 2.15. The van der Waals surface area contributed by atoms with Gasteiger partial charge in [0.05, 0.1) is 18.4 Å². The summed E-state index contributed by atoms with van der Waals surface area (Å²) in [5, 5.41) is 9.20. The van der Waals surface area contributed by atoms with Crippen molar-refractivity contribution in [3.8, 4) is 0 Å². The lowest BCUT2D eigenvalue weighted by atomic mass is 10.1. The van der Waals surface area contributed by atoms with Gasteiger partial charge in [0.15, 0.2) is 0 Å². The third-order valence-electron chi connectivity index (χ3n) is 1.48. The normalized spacial score (nSPS) is 15.8. The zero-order chi connectivity index (χ0) is 8.27. The predicted molar refractivity (Wildman–Crippen MR) is 41.8 cm³/mol. The van der Waals surface area contributed by atoms with Gasteiger partial charge in [-0.15, -0.1) is 6.58 Å². The molecule has 60 valence electrons. The van der Waals surface area contributed by atoms with Gasteiger partial charge in [0.25, 0.3) is 0 Å². The van der Waals surface area contributed by atoms with Crippen molar-refractivity contribution < 1.29 is 9.52 Å². The van der Waals surface area contributed by atoms with Crippen molar-refractivity contribution in [1.82, 2.24) is 0 Å². The highest BCUT2D eigenvalue weighted by Crippen LogP contribution is 2.14. The van der Waals surface area contributed by atoms with Crippen LogP contribution in [0.2, 0.25) is 0 Å². The van der Waals surface area contributed by atoms with Gasteiger partial charge in [-0.05, 0) is 12.1 Å². The van der Waals surface area contributed by atoms with Crippen LogP contribution in [-0.4, -0.2) is 11.2 Å². The van der Waals surface area contributed by atoms with E-state index in [1.165, 1.54) is 12.3 Å². The van der Waals surface area contributed by atoms with Crippen LogP contribution in [0.3, 0.4) is 0 Å². The van der Waals surface area contributed by atoms with Crippen LogP contribution in [0.5, 0.6) is 0 Å². The van der Waals surface area contributed by atoms with Crippen molar-refractivity contribution in [3.63, 3.8) is 0 Å². The summed E-state index contributed by atoms with van der Waals surface area (Å²) in [4.78, 5) is 0. The van der Waals surface area contributed by atoms with E-state index in [1.807, 2.05) is 0 Å². The van der Waals surface area contributed by atoms with E-state index in [9.17, 15) is 5.11 Å². The third-order valence-corrected chi connectivity index (χ3v) is 1.48. The predicted octanol–water partition coefficient (Wildman–Crippen LogP) is 0.826. The molecule has 0 fully saturated rings. The lowest BCUT2D eigenvalue weighted by molar-refractivity contribution is 0.180. The average molecular weight is 153 g/mol. The van der Waals surface area contributed by atoms with E-state index in [0.717, 1.165) is 0 Å². The lowest BCUT2D eigenvalue weighted by Crippen LogP contribution is -2.23. The molecule has 1 aromatic heterocycles. The Morgan fingerprint density at radius 3 is 2.91 bits per heavy atom. The van der Waals surface area contributed by atoms with E-state index in [1.54, 1.807) is 12.1 Å². The molecule has 1 aromatic rings. The second-order valence-electron chi connectivity index (χ2n) is 2.27. The quantitative estimate of drug-likeness (QED) is 0.632. The van der Waals surface area contributed by atoms with Gasteiger partial charge < -0.3 is 15.3 Å². The molecule has 0 unspecified atom stereocenters. The molecular weight excluding hydrogens is 142 g/mol. The van der Waals surface area contributed by atoms with E-state index >= 15 is 0 Å². The van der Waals surface area contributed by atoms with Gasteiger partial charge in [-0.1, -0.05) is 6.08 Å². The first kappa shape index (κ1) is 8.04. The van der Waals surface area contributed by atoms with Crippen molar-refractivity contribution in [3.05, 3.63) is 36.8 Å². The fourth-order valence-electron chi connectivity index (χ4n) is 0.796. The summed E-state index contributed by atoms with van der Waals surface area (Å²) in [7, 11) is 0. The molecule has 3 heteroatoms. The molecule has 1 rings (SSSR count). The van der Waals surface area contributed by atoms with Gasteiger partial charge in [0.1, 0.15) is 5.76 Å². The van der Waals surface area contributed by atoms with Crippen LogP contribution in [0.4, 0.5) is 0 Å². The number of furan rings is 1. The van der Waals surface area contributed by atoms with Gasteiger partial charge in [0.2, 0.25) is 0 Å². The van der Waals surface area contributed by atoms with E-state index in [4.69, 9.17) is 10.2 Å². The highest BCUT2D eigenvalue weighted by molar-refractivity contribution is 5.07. The Kier molecular flexibility index (Phi) is 2.46. The maximum absolute atomic E-state index is 9.20. The van der Waals surface area contributed by atoms with Crippen LogP contribution in [0.1, 0.15) is 11.8 Å². The molecule has 1 heterocycles. The van der Waals surface area contributed by atoms with Crippen molar-refractivity contribution >= 4 is 0 Å². The molecule has 11 heavy (non-hydrogen) atoms. The summed E-state index contributed by atoms with van der Waals surface area (Å²) in [5.41, 5.74) is 5.58. The molecule has 0 saturated heterocycles. The SMILES string of the molecule is C=C[C@@H](O)[C@@H](N)c1ccco1. The zero-order valence-corrected chi connectivity index (χ0v) is 6.10. The first-order valence-corrected chi connectivity index (χ1v) is 3.35. The van der Waals surface area contributed by atoms with Crippen LogP contribution in [0.15, 0.2) is 35.5 Å². The Balaban J connectivity index is 2.69.